The summed E-state index contributed by atoms with van der Waals surface area (Å²) in [4.78, 5) is 13.3. The summed E-state index contributed by atoms with van der Waals surface area (Å²) in [5.74, 6) is 0.892. The van der Waals surface area contributed by atoms with E-state index in [1.807, 2.05) is 42.7 Å². The Labute approximate surface area is 205 Å². The van der Waals surface area contributed by atoms with E-state index in [0.717, 1.165) is 17.1 Å². The summed E-state index contributed by atoms with van der Waals surface area (Å²) in [6.07, 6.45) is 0. The van der Waals surface area contributed by atoms with Gasteiger partial charge in [-0.1, -0.05) is 23.9 Å². The molecule has 0 radical (unpaired) electrons. The largest absolute Gasteiger partial charge is 0.496 e. The summed E-state index contributed by atoms with van der Waals surface area (Å²) in [6, 6.07) is 15.4. The Kier molecular flexibility index (Phi) is 7.20. The van der Waals surface area contributed by atoms with Gasteiger partial charge in [0, 0.05) is 22.6 Å². The summed E-state index contributed by atoms with van der Waals surface area (Å²) in [5, 5.41) is 7.95. The van der Waals surface area contributed by atoms with Crippen LogP contribution in [0.4, 0.5) is 8.78 Å². The van der Waals surface area contributed by atoms with Crippen molar-refractivity contribution in [2.45, 2.75) is 37.9 Å². The molecule has 2 aromatic carbocycles. The first-order chi connectivity index (χ1) is 16.8. The number of hydrogen-bond acceptors (Lipinski definition) is 7. The van der Waals surface area contributed by atoms with Crippen molar-refractivity contribution in [2.75, 3.05) is 7.11 Å². The lowest BCUT2D eigenvalue weighted by Crippen LogP contribution is -2.14. The van der Waals surface area contributed by atoms with Crippen molar-refractivity contribution >= 4 is 17.5 Å². The number of ketones is 1. The predicted octanol–water partition coefficient (Wildman–Crippen LogP) is 6.12. The van der Waals surface area contributed by atoms with Crippen molar-refractivity contribution < 1.29 is 27.5 Å². The fourth-order valence-electron chi connectivity index (χ4n) is 3.80. The lowest BCUT2D eigenvalue weighted by molar-refractivity contribution is -0.0498. The quantitative estimate of drug-likeness (QED) is 0.203. The molecule has 4 rings (SSSR count). The third-order valence-electron chi connectivity index (χ3n) is 5.41. The molecule has 0 amide bonds. The van der Waals surface area contributed by atoms with Crippen molar-refractivity contribution in [2.24, 2.45) is 0 Å². The van der Waals surface area contributed by atoms with Crippen LogP contribution in [0, 0.1) is 13.8 Å². The highest BCUT2D eigenvalue weighted by Gasteiger charge is 2.25. The van der Waals surface area contributed by atoms with Gasteiger partial charge in [0.1, 0.15) is 11.5 Å². The monoisotopic (exact) mass is 499 g/mol. The van der Waals surface area contributed by atoms with Crippen LogP contribution in [0.1, 0.15) is 28.7 Å². The molecule has 0 saturated heterocycles. The van der Waals surface area contributed by atoms with Crippen LogP contribution >= 0.6 is 11.8 Å². The molecule has 1 unspecified atom stereocenters. The van der Waals surface area contributed by atoms with Crippen LogP contribution in [0.2, 0.25) is 0 Å². The molecule has 0 spiro atoms. The van der Waals surface area contributed by atoms with Gasteiger partial charge in [0.25, 0.3) is 11.1 Å². The number of para-hydroxylation sites is 1. The number of carbonyl (C=O) groups is 1. The first-order valence-electron chi connectivity index (χ1n) is 10.7. The number of rotatable bonds is 9. The molecule has 0 saturated carbocycles. The van der Waals surface area contributed by atoms with Crippen LogP contribution in [0.15, 0.2) is 64.2 Å². The summed E-state index contributed by atoms with van der Waals surface area (Å²) in [6.45, 7) is 2.61. The van der Waals surface area contributed by atoms with Gasteiger partial charge in [-0.05, 0) is 63.2 Å². The maximum absolute atomic E-state index is 13.3. The maximum atomic E-state index is 13.3. The Morgan fingerprint density at radius 2 is 1.80 bits per heavy atom. The number of thioether (sulfide) groups is 1. The van der Waals surface area contributed by atoms with Crippen molar-refractivity contribution in [1.82, 2.24) is 14.8 Å². The minimum Gasteiger partial charge on any atom is -0.496 e. The third kappa shape index (κ3) is 5.22. The normalized spacial score (nSPS) is 12.1. The lowest BCUT2D eigenvalue weighted by Gasteiger charge is -2.12. The number of aromatic nitrogens is 3. The van der Waals surface area contributed by atoms with Gasteiger partial charge in [0.2, 0.25) is 0 Å². The van der Waals surface area contributed by atoms with E-state index in [9.17, 15) is 13.6 Å². The standard InChI is InChI=1S/C25H23F2N3O4S/c1-14-13-20(15(2)30(14)17-9-11-18(12-10-17)33-24(26)27)22(31)16(3)35-25-29-28-23(34-25)19-7-5-6-8-21(19)32-4/h5-13,16,24H,1-4H3. The van der Waals surface area contributed by atoms with Crippen molar-refractivity contribution in [1.29, 1.82) is 0 Å². The number of hydrogen-bond donors (Lipinski definition) is 0. The van der Waals surface area contributed by atoms with Crippen LogP contribution in [0.3, 0.4) is 0 Å². The highest BCUT2D eigenvalue weighted by molar-refractivity contribution is 8.00. The predicted molar refractivity (Wildman–Crippen MR) is 128 cm³/mol. The van der Waals surface area contributed by atoms with Crippen molar-refractivity contribution in [3.05, 3.63) is 71.5 Å². The Hall–Kier alpha value is -3.66. The van der Waals surface area contributed by atoms with Gasteiger partial charge in [0.15, 0.2) is 5.78 Å². The molecule has 0 aliphatic rings. The highest BCUT2D eigenvalue weighted by Crippen LogP contribution is 2.33. The molecule has 1 atom stereocenters. The van der Waals surface area contributed by atoms with E-state index in [0.29, 0.717) is 22.8 Å². The van der Waals surface area contributed by atoms with Crippen molar-refractivity contribution in [3.8, 4) is 28.6 Å². The second-order valence-electron chi connectivity index (χ2n) is 7.69. The molecule has 0 aliphatic carbocycles. The van der Waals surface area contributed by atoms with Crippen molar-refractivity contribution in [3.63, 3.8) is 0 Å². The van der Waals surface area contributed by atoms with E-state index in [1.165, 1.54) is 23.9 Å². The summed E-state index contributed by atoms with van der Waals surface area (Å²) >= 11 is 1.18. The van der Waals surface area contributed by atoms with E-state index in [-0.39, 0.29) is 16.8 Å². The van der Waals surface area contributed by atoms with E-state index in [2.05, 4.69) is 14.9 Å². The Morgan fingerprint density at radius 3 is 2.49 bits per heavy atom. The smallest absolute Gasteiger partial charge is 0.387 e. The molecule has 7 nitrogen and oxygen atoms in total. The summed E-state index contributed by atoms with van der Waals surface area (Å²) in [5.41, 5.74) is 3.53. The topological polar surface area (TPSA) is 79.4 Å². The molecule has 0 N–H and O–H groups in total. The van der Waals surface area contributed by atoms with E-state index in [1.54, 1.807) is 32.2 Å². The second kappa shape index (κ2) is 10.3. The van der Waals surface area contributed by atoms with E-state index < -0.39 is 11.9 Å². The zero-order valence-electron chi connectivity index (χ0n) is 19.5. The van der Waals surface area contributed by atoms with Gasteiger partial charge in [0.05, 0.1) is 17.9 Å². The highest BCUT2D eigenvalue weighted by atomic mass is 32.2. The third-order valence-corrected chi connectivity index (χ3v) is 6.34. The van der Waals surface area contributed by atoms with Gasteiger partial charge in [-0.3, -0.25) is 4.79 Å². The van der Waals surface area contributed by atoms with Crippen LogP contribution in [0.5, 0.6) is 11.5 Å². The molecule has 0 bridgehead atoms. The number of benzene rings is 2. The first kappa shape index (κ1) is 24.5. The molecular formula is C25H23F2N3O4S. The average molecular weight is 500 g/mol. The summed E-state index contributed by atoms with van der Waals surface area (Å²) in [7, 11) is 1.56. The van der Waals surface area contributed by atoms with Gasteiger partial charge in [-0.15, -0.1) is 10.2 Å². The number of methoxy groups -OCH3 is 1. The minimum absolute atomic E-state index is 0.0691. The fourth-order valence-corrected chi connectivity index (χ4v) is 4.55. The number of nitrogens with zero attached hydrogens (tertiary/aromatic N) is 3. The summed E-state index contributed by atoms with van der Waals surface area (Å²) < 4.78 is 42.3. The maximum Gasteiger partial charge on any atom is 0.387 e. The Morgan fingerprint density at radius 1 is 1.09 bits per heavy atom. The van der Waals surface area contributed by atoms with Gasteiger partial charge >= 0.3 is 6.61 Å². The Balaban J connectivity index is 1.52. The molecule has 182 valence electrons. The Bertz CT molecular complexity index is 1330. The molecule has 0 fully saturated rings. The molecule has 4 aromatic rings. The molecule has 35 heavy (non-hydrogen) atoms. The van der Waals surface area contributed by atoms with E-state index >= 15 is 0 Å². The molecule has 0 aliphatic heterocycles. The van der Waals surface area contributed by atoms with Crippen LogP contribution in [0.25, 0.3) is 17.1 Å². The second-order valence-corrected chi connectivity index (χ2v) is 8.98. The van der Waals surface area contributed by atoms with Crippen LogP contribution < -0.4 is 9.47 Å². The number of Topliss-reactive ketones (excluding diaryl/α,β-unsaturated/α-hetero) is 1. The van der Waals surface area contributed by atoms with Crippen LogP contribution in [-0.4, -0.2) is 39.5 Å². The molecule has 10 heteroatoms. The fraction of sp³-hybridized carbons (Fsp3) is 0.240. The zero-order chi connectivity index (χ0) is 25.1. The number of aryl methyl sites for hydroxylation is 1. The van der Waals surface area contributed by atoms with E-state index in [4.69, 9.17) is 9.15 Å². The molecule has 2 aromatic heterocycles. The number of halogens is 2. The first-order valence-corrected chi connectivity index (χ1v) is 11.6. The zero-order valence-corrected chi connectivity index (χ0v) is 20.3. The molecule has 2 heterocycles. The minimum atomic E-state index is -2.89. The average Bonchev–Trinajstić information content (AvgIpc) is 3.42. The number of alkyl halides is 2. The van der Waals surface area contributed by atoms with Gasteiger partial charge in [-0.25, -0.2) is 0 Å². The van der Waals surface area contributed by atoms with Gasteiger partial charge < -0.3 is 18.5 Å². The molecular weight excluding hydrogens is 476 g/mol. The lowest BCUT2D eigenvalue weighted by atomic mass is 10.1. The van der Waals surface area contributed by atoms with Crippen LogP contribution in [-0.2, 0) is 0 Å². The van der Waals surface area contributed by atoms with Gasteiger partial charge in [-0.2, -0.15) is 8.78 Å². The SMILES string of the molecule is COc1ccccc1-c1nnc(SC(C)C(=O)c2cc(C)n(-c3ccc(OC(F)F)cc3)c2C)o1. The number of ether oxygens (including phenoxy) is 2. The number of carbonyl (C=O) groups excluding carboxylic acids is 1.